The minimum atomic E-state index is 0.135. The molecule has 2 unspecified atom stereocenters. The largest absolute Gasteiger partial charge is 0.344 e. The number of rotatable bonds is 2. The summed E-state index contributed by atoms with van der Waals surface area (Å²) in [6, 6.07) is 4.22. The molecule has 1 aliphatic rings. The van der Waals surface area contributed by atoms with E-state index in [1.165, 1.54) is 0 Å². The third-order valence-corrected chi connectivity index (χ3v) is 4.17. The summed E-state index contributed by atoms with van der Waals surface area (Å²) in [5.41, 5.74) is 7.63. The molecule has 2 heterocycles. The highest BCUT2D eigenvalue weighted by Crippen LogP contribution is 2.23. The number of likely N-dealkylation sites (tertiary alicyclic amines) is 1. The topological polar surface area (TPSA) is 51.3 Å². The maximum Gasteiger partial charge on any atom is 0.270 e. The molecule has 0 aliphatic carbocycles. The average Bonchev–Trinajstić information content (AvgIpc) is 2.70. The minimum absolute atomic E-state index is 0.135. The number of carbonyl (C=O) groups excluding carboxylic acids is 1. The second-order valence-electron chi connectivity index (χ2n) is 5.40. The lowest BCUT2D eigenvalue weighted by molar-refractivity contribution is 0.0557. The Bertz CT molecular complexity index is 438. The highest BCUT2D eigenvalue weighted by atomic mass is 16.2. The van der Waals surface area contributed by atoms with E-state index in [4.69, 9.17) is 5.73 Å². The Balaban J connectivity index is 2.19. The molecule has 0 spiro atoms. The minimum Gasteiger partial charge on any atom is -0.344 e. The normalized spacial score (nSPS) is 24.3. The monoisotopic (exact) mass is 249 g/mol. The van der Waals surface area contributed by atoms with Gasteiger partial charge in [-0.3, -0.25) is 4.79 Å². The Morgan fingerprint density at radius 3 is 2.72 bits per heavy atom. The Labute approximate surface area is 109 Å². The van der Waals surface area contributed by atoms with Crippen molar-refractivity contribution in [2.24, 2.45) is 18.7 Å². The first-order valence-corrected chi connectivity index (χ1v) is 6.68. The van der Waals surface area contributed by atoms with Gasteiger partial charge in [0.2, 0.25) is 0 Å². The van der Waals surface area contributed by atoms with Gasteiger partial charge in [-0.1, -0.05) is 0 Å². The van der Waals surface area contributed by atoms with Crippen molar-refractivity contribution in [3.05, 3.63) is 23.5 Å². The van der Waals surface area contributed by atoms with Crippen LogP contribution in [0.3, 0.4) is 0 Å². The highest BCUT2D eigenvalue weighted by molar-refractivity contribution is 5.93. The first kappa shape index (κ1) is 13.1. The van der Waals surface area contributed by atoms with E-state index in [-0.39, 0.29) is 5.91 Å². The summed E-state index contributed by atoms with van der Waals surface area (Å²) in [5, 5.41) is 0. The molecule has 2 rings (SSSR count). The first-order chi connectivity index (χ1) is 8.54. The number of hydrogen-bond donors (Lipinski definition) is 1. The van der Waals surface area contributed by atoms with Crippen LogP contribution in [0.25, 0.3) is 0 Å². The molecule has 0 aromatic carbocycles. The van der Waals surface area contributed by atoms with Gasteiger partial charge in [0.25, 0.3) is 5.91 Å². The summed E-state index contributed by atoms with van der Waals surface area (Å²) in [5.74, 6) is 0.586. The van der Waals surface area contributed by atoms with E-state index in [0.29, 0.717) is 18.5 Å². The molecule has 1 fully saturated rings. The molecule has 0 saturated carbocycles. The van der Waals surface area contributed by atoms with Gasteiger partial charge < -0.3 is 15.2 Å². The van der Waals surface area contributed by atoms with Gasteiger partial charge in [0.1, 0.15) is 5.69 Å². The zero-order valence-corrected chi connectivity index (χ0v) is 11.5. The van der Waals surface area contributed by atoms with Crippen molar-refractivity contribution >= 4 is 5.91 Å². The van der Waals surface area contributed by atoms with Crippen LogP contribution >= 0.6 is 0 Å². The van der Waals surface area contributed by atoms with Crippen LogP contribution in [0.4, 0.5) is 0 Å². The van der Waals surface area contributed by atoms with E-state index in [0.717, 1.165) is 30.8 Å². The quantitative estimate of drug-likeness (QED) is 0.864. The third kappa shape index (κ3) is 2.29. The Kier molecular flexibility index (Phi) is 3.76. The smallest absolute Gasteiger partial charge is 0.270 e. The number of carbonyl (C=O) groups is 1. The molecule has 1 saturated heterocycles. The van der Waals surface area contributed by atoms with E-state index < -0.39 is 0 Å². The van der Waals surface area contributed by atoms with Gasteiger partial charge in [0.15, 0.2) is 0 Å². The Hall–Kier alpha value is -1.29. The molecular weight excluding hydrogens is 226 g/mol. The van der Waals surface area contributed by atoms with Gasteiger partial charge in [0, 0.05) is 25.3 Å². The van der Waals surface area contributed by atoms with Crippen LogP contribution in [0.15, 0.2) is 12.1 Å². The van der Waals surface area contributed by atoms with Crippen molar-refractivity contribution in [1.29, 1.82) is 0 Å². The number of aromatic nitrogens is 1. The van der Waals surface area contributed by atoms with Crippen molar-refractivity contribution in [3.63, 3.8) is 0 Å². The number of nitrogens with two attached hydrogens (primary N) is 1. The molecule has 1 aromatic rings. The summed E-state index contributed by atoms with van der Waals surface area (Å²) in [4.78, 5) is 14.6. The van der Waals surface area contributed by atoms with E-state index in [2.05, 4.69) is 6.92 Å². The van der Waals surface area contributed by atoms with Gasteiger partial charge in [-0.2, -0.15) is 0 Å². The lowest BCUT2D eigenvalue weighted by Gasteiger charge is -2.37. The third-order valence-electron chi connectivity index (χ3n) is 4.17. The van der Waals surface area contributed by atoms with Crippen LogP contribution in [-0.4, -0.2) is 34.5 Å². The summed E-state index contributed by atoms with van der Waals surface area (Å²) < 4.78 is 1.96. The number of piperidine rings is 1. The summed E-state index contributed by atoms with van der Waals surface area (Å²) in [6.07, 6.45) is 2.19. The molecular formula is C14H23N3O. The van der Waals surface area contributed by atoms with Crippen molar-refractivity contribution in [2.75, 3.05) is 13.1 Å². The summed E-state index contributed by atoms with van der Waals surface area (Å²) in [7, 11) is 1.94. The molecule has 0 radical (unpaired) electrons. The van der Waals surface area contributed by atoms with Crippen molar-refractivity contribution in [2.45, 2.75) is 32.7 Å². The molecule has 1 aromatic heterocycles. The van der Waals surface area contributed by atoms with Crippen LogP contribution in [0.5, 0.6) is 0 Å². The molecule has 100 valence electrons. The molecule has 0 bridgehead atoms. The van der Waals surface area contributed by atoms with Crippen molar-refractivity contribution in [3.8, 4) is 0 Å². The van der Waals surface area contributed by atoms with Crippen molar-refractivity contribution in [1.82, 2.24) is 9.47 Å². The van der Waals surface area contributed by atoms with Crippen LogP contribution in [0.2, 0.25) is 0 Å². The fraction of sp³-hybridized carbons (Fsp3) is 0.643. The second-order valence-corrected chi connectivity index (χ2v) is 5.40. The standard InChI is InChI=1S/C14H23N3O/c1-10-5-7-13(16(10)3)14(18)17-9-12(8-15)6-4-11(17)2/h5,7,11-12H,4,6,8-9,15H2,1-3H3. The number of hydrogen-bond acceptors (Lipinski definition) is 2. The molecule has 1 aliphatic heterocycles. The average molecular weight is 249 g/mol. The fourth-order valence-corrected chi connectivity index (χ4v) is 2.63. The lowest BCUT2D eigenvalue weighted by Crippen LogP contribution is -2.47. The first-order valence-electron chi connectivity index (χ1n) is 6.68. The van der Waals surface area contributed by atoms with Crippen LogP contribution in [-0.2, 0) is 7.05 Å². The van der Waals surface area contributed by atoms with Crippen molar-refractivity contribution < 1.29 is 4.79 Å². The van der Waals surface area contributed by atoms with E-state index in [9.17, 15) is 4.79 Å². The van der Waals surface area contributed by atoms with Gasteiger partial charge in [-0.25, -0.2) is 0 Å². The van der Waals surface area contributed by atoms with Gasteiger partial charge >= 0.3 is 0 Å². The molecule has 1 amide bonds. The molecule has 4 nitrogen and oxygen atoms in total. The zero-order valence-electron chi connectivity index (χ0n) is 11.5. The second kappa shape index (κ2) is 5.14. The van der Waals surface area contributed by atoms with Crippen LogP contribution < -0.4 is 5.73 Å². The maximum absolute atomic E-state index is 12.6. The van der Waals surface area contributed by atoms with Crippen LogP contribution in [0.1, 0.15) is 35.9 Å². The van der Waals surface area contributed by atoms with E-state index >= 15 is 0 Å². The maximum atomic E-state index is 12.6. The highest BCUT2D eigenvalue weighted by Gasteiger charge is 2.29. The lowest BCUT2D eigenvalue weighted by atomic mass is 9.93. The fourth-order valence-electron chi connectivity index (χ4n) is 2.63. The van der Waals surface area contributed by atoms with Gasteiger partial charge in [0.05, 0.1) is 0 Å². The van der Waals surface area contributed by atoms with Gasteiger partial charge in [-0.05, 0) is 51.3 Å². The van der Waals surface area contributed by atoms with E-state index in [1.54, 1.807) is 0 Å². The summed E-state index contributed by atoms with van der Waals surface area (Å²) in [6.45, 7) is 5.60. The molecule has 2 atom stereocenters. The Morgan fingerprint density at radius 1 is 1.44 bits per heavy atom. The predicted molar refractivity (Wildman–Crippen MR) is 72.4 cm³/mol. The SMILES string of the molecule is Cc1ccc(C(=O)N2CC(CN)CCC2C)n1C. The molecule has 4 heteroatoms. The predicted octanol–water partition coefficient (Wildman–Crippen LogP) is 1.53. The Morgan fingerprint density at radius 2 is 2.17 bits per heavy atom. The van der Waals surface area contributed by atoms with Crippen LogP contribution in [0, 0.1) is 12.8 Å². The number of nitrogens with zero attached hydrogens (tertiary/aromatic N) is 2. The summed E-state index contributed by atoms with van der Waals surface area (Å²) >= 11 is 0. The van der Waals surface area contributed by atoms with Gasteiger partial charge in [-0.15, -0.1) is 0 Å². The zero-order chi connectivity index (χ0) is 13.3. The molecule has 18 heavy (non-hydrogen) atoms. The molecule has 2 N–H and O–H groups in total. The number of amides is 1. The van der Waals surface area contributed by atoms with E-state index in [1.807, 2.05) is 35.6 Å². The number of aryl methyl sites for hydroxylation is 1.